The molecule has 1 atom stereocenters. The first-order valence-electron chi connectivity index (χ1n) is 8.93. The average molecular weight is 379 g/mol. The molecule has 1 aliphatic rings. The molecule has 0 saturated heterocycles. The van der Waals surface area contributed by atoms with Crippen LogP contribution in [0.2, 0.25) is 0 Å². The number of amides is 1. The summed E-state index contributed by atoms with van der Waals surface area (Å²) in [6.45, 7) is 6.22. The van der Waals surface area contributed by atoms with Crippen molar-refractivity contribution in [2.45, 2.75) is 38.4 Å². The molecular weight excluding hydrogens is 358 g/mol. The fourth-order valence-corrected chi connectivity index (χ4v) is 4.18. The Morgan fingerprint density at radius 2 is 2.00 bits per heavy atom. The molecule has 0 radical (unpaired) electrons. The Kier molecular flexibility index (Phi) is 4.70. The van der Waals surface area contributed by atoms with E-state index >= 15 is 0 Å². The van der Waals surface area contributed by atoms with E-state index in [1.54, 1.807) is 4.68 Å². The van der Waals surface area contributed by atoms with Gasteiger partial charge in [-0.1, -0.05) is 36.0 Å². The Labute approximate surface area is 162 Å². The summed E-state index contributed by atoms with van der Waals surface area (Å²) in [6, 6.07) is 14.4. The minimum atomic E-state index is 0.0760. The second-order valence-electron chi connectivity index (χ2n) is 6.88. The number of anilines is 1. The van der Waals surface area contributed by atoms with Crippen molar-refractivity contribution in [2.75, 3.05) is 10.7 Å². The predicted molar refractivity (Wildman–Crippen MR) is 106 cm³/mol. The molecule has 0 spiro atoms. The summed E-state index contributed by atoms with van der Waals surface area (Å²) < 4.78 is 1.69. The number of aryl methyl sites for hydroxylation is 2. The van der Waals surface area contributed by atoms with Crippen LogP contribution in [-0.2, 0) is 11.2 Å². The summed E-state index contributed by atoms with van der Waals surface area (Å²) in [4.78, 5) is 14.8. The third-order valence-corrected chi connectivity index (χ3v) is 5.88. The van der Waals surface area contributed by atoms with Crippen LogP contribution in [0.5, 0.6) is 0 Å². The van der Waals surface area contributed by atoms with Gasteiger partial charge in [-0.3, -0.25) is 4.79 Å². The van der Waals surface area contributed by atoms with Crippen molar-refractivity contribution in [1.82, 2.24) is 20.2 Å². The molecule has 2 heterocycles. The Morgan fingerprint density at radius 3 is 2.81 bits per heavy atom. The highest BCUT2D eigenvalue weighted by Gasteiger charge is 2.30. The van der Waals surface area contributed by atoms with Gasteiger partial charge >= 0.3 is 0 Å². The zero-order valence-electron chi connectivity index (χ0n) is 15.6. The Bertz CT molecular complexity index is 1000. The second kappa shape index (κ2) is 7.15. The Hall–Kier alpha value is -2.67. The van der Waals surface area contributed by atoms with Gasteiger partial charge in [0, 0.05) is 11.7 Å². The van der Waals surface area contributed by atoms with Gasteiger partial charge in [0.1, 0.15) is 0 Å². The molecular formula is C20H21N5OS. The van der Waals surface area contributed by atoms with Gasteiger partial charge in [-0.15, -0.1) is 5.10 Å². The summed E-state index contributed by atoms with van der Waals surface area (Å²) in [5.41, 5.74) is 5.54. The largest absolute Gasteiger partial charge is 0.308 e. The lowest BCUT2D eigenvalue weighted by molar-refractivity contribution is -0.116. The number of aromatic nitrogens is 4. The van der Waals surface area contributed by atoms with Crippen LogP contribution in [0.15, 0.2) is 47.6 Å². The summed E-state index contributed by atoms with van der Waals surface area (Å²) in [5, 5.41) is 12.6. The summed E-state index contributed by atoms with van der Waals surface area (Å²) in [6.07, 6.45) is 0.896. The van der Waals surface area contributed by atoms with Gasteiger partial charge < -0.3 is 4.90 Å². The van der Waals surface area contributed by atoms with E-state index in [1.165, 1.54) is 28.5 Å². The highest BCUT2D eigenvalue weighted by atomic mass is 32.2. The molecule has 6 nitrogen and oxygen atoms in total. The van der Waals surface area contributed by atoms with E-state index in [1.807, 2.05) is 29.2 Å². The third kappa shape index (κ3) is 3.35. The highest BCUT2D eigenvalue weighted by Crippen LogP contribution is 2.32. The molecule has 7 heteroatoms. The van der Waals surface area contributed by atoms with Crippen molar-refractivity contribution in [3.05, 3.63) is 59.2 Å². The van der Waals surface area contributed by atoms with E-state index in [2.05, 4.69) is 54.5 Å². The minimum absolute atomic E-state index is 0.0760. The minimum Gasteiger partial charge on any atom is -0.308 e. The van der Waals surface area contributed by atoms with Crippen LogP contribution >= 0.6 is 11.8 Å². The van der Waals surface area contributed by atoms with Crippen molar-refractivity contribution >= 4 is 23.4 Å². The van der Waals surface area contributed by atoms with Gasteiger partial charge in [0.15, 0.2) is 0 Å². The molecule has 27 heavy (non-hydrogen) atoms. The van der Waals surface area contributed by atoms with Crippen molar-refractivity contribution in [1.29, 1.82) is 0 Å². The average Bonchev–Trinajstić information content (AvgIpc) is 3.25. The maximum atomic E-state index is 12.9. The zero-order chi connectivity index (χ0) is 19.0. The van der Waals surface area contributed by atoms with Gasteiger partial charge in [-0.25, -0.2) is 0 Å². The lowest BCUT2D eigenvalue weighted by Gasteiger charge is -2.22. The fourth-order valence-electron chi connectivity index (χ4n) is 3.43. The number of fused-ring (bicyclic) bond motifs is 1. The van der Waals surface area contributed by atoms with Crippen molar-refractivity contribution in [2.24, 2.45) is 0 Å². The normalized spacial score (nSPS) is 15.8. The quantitative estimate of drug-likeness (QED) is 0.651. The number of benzene rings is 2. The van der Waals surface area contributed by atoms with Crippen LogP contribution in [0.25, 0.3) is 5.69 Å². The predicted octanol–water partition coefficient (Wildman–Crippen LogP) is 3.35. The number of rotatable bonds is 4. The Morgan fingerprint density at radius 1 is 1.19 bits per heavy atom. The van der Waals surface area contributed by atoms with E-state index in [0.717, 1.165) is 17.8 Å². The maximum Gasteiger partial charge on any atom is 0.237 e. The molecule has 1 aromatic heterocycles. The number of nitrogens with zero attached hydrogens (tertiary/aromatic N) is 5. The second-order valence-corrected chi connectivity index (χ2v) is 7.82. The molecule has 2 aromatic carbocycles. The number of thioether (sulfide) groups is 1. The summed E-state index contributed by atoms with van der Waals surface area (Å²) >= 11 is 1.37. The fraction of sp³-hybridized carbons (Fsp3) is 0.300. The van der Waals surface area contributed by atoms with Crippen LogP contribution < -0.4 is 4.90 Å². The number of carbonyl (C=O) groups is 1. The van der Waals surface area contributed by atoms with Gasteiger partial charge in [0.25, 0.3) is 0 Å². The standard InChI is InChI=1S/C20H21N5OS/c1-13-8-9-17(10-14(13)2)25-20(21-22-23-25)27-12-19(26)24-15(3)11-16-6-4-5-7-18(16)24/h4-10,15H,11-12H2,1-3H3/t15-/m0/s1. The first-order valence-corrected chi connectivity index (χ1v) is 9.92. The Balaban J connectivity index is 1.51. The van der Waals surface area contributed by atoms with E-state index in [9.17, 15) is 4.79 Å². The number of hydrogen-bond acceptors (Lipinski definition) is 5. The van der Waals surface area contributed by atoms with Gasteiger partial charge in [-0.2, -0.15) is 4.68 Å². The molecule has 4 rings (SSSR count). The first kappa shape index (κ1) is 17.7. The van der Waals surface area contributed by atoms with Crippen molar-refractivity contribution in [3.63, 3.8) is 0 Å². The lowest BCUT2D eigenvalue weighted by atomic mass is 10.1. The molecule has 1 aliphatic heterocycles. The third-order valence-electron chi connectivity index (χ3n) is 4.98. The monoisotopic (exact) mass is 379 g/mol. The molecule has 0 bridgehead atoms. The van der Waals surface area contributed by atoms with Crippen LogP contribution in [0.1, 0.15) is 23.6 Å². The first-order chi connectivity index (χ1) is 13.0. The topological polar surface area (TPSA) is 63.9 Å². The number of tetrazole rings is 1. The number of para-hydroxylation sites is 1. The van der Waals surface area contributed by atoms with Crippen LogP contribution in [0.4, 0.5) is 5.69 Å². The summed E-state index contributed by atoms with van der Waals surface area (Å²) in [5.74, 6) is 0.372. The maximum absolute atomic E-state index is 12.9. The zero-order valence-corrected chi connectivity index (χ0v) is 16.4. The molecule has 3 aromatic rings. The smallest absolute Gasteiger partial charge is 0.237 e. The molecule has 0 unspecified atom stereocenters. The lowest BCUT2D eigenvalue weighted by Crippen LogP contribution is -2.37. The van der Waals surface area contributed by atoms with Gasteiger partial charge in [0.2, 0.25) is 11.1 Å². The SMILES string of the molecule is Cc1ccc(-n2nnnc2SCC(=O)N2c3ccccc3C[C@@H]2C)cc1C. The van der Waals surface area contributed by atoms with Crippen molar-refractivity contribution in [3.8, 4) is 5.69 Å². The number of hydrogen-bond donors (Lipinski definition) is 0. The van der Waals surface area contributed by atoms with E-state index in [-0.39, 0.29) is 11.9 Å². The number of carbonyl (C=O) groups excluding carboxylic acids is 1. The van der Waals surface area contributed by atoms with E-state index < -0.39 is 0 Å². The van der Waals surface area contributed by atoms with Crippen LogP contribution in [-0.4, -0.2) is 37.9 Å². The summed E-state index contributed by atoms with van der Waals surface area (Å²) in [7, 11) is 0. The molecule has 0 N–H and O–H groups in total. The molecule has 0 saturated carbocycles. The molecule has 138 valence electrons. The molecule has 0 fully saturated rings. The molecule has 1 amide bonds. The van der Waals surface area contributed by atoms with Crippen molar-refractivity contribution < 1.29 is 4.79 Å². The highest BCUT2D eigenvalue weighted by molar-refractivity contribution is 7.99. The van der Waals surface area contributed by atoms with Crippen LogP contribution in [0.3, 0.4) is 0 Å². The molecule has 0 aliphatic carbocycles. The van der Waals surface area contributed by atoms with Crippen LogP contribution in [0, 0.1) is 13.8 Å². The van der Waals surface area contributed by atoms with E-state index in [0.29, 0.717) is 10.9 Å². The van der Waals surface area contributed by atoms with Gasteiger partial charge in [0.05, 0.1) is 11.4 Å². The van der Waals surface area contributed by atoms with E-state index in [4.69, 9.17) is 0 Å². The van der Waals surface area contributed by atoms with Gasteiger partial charge in [-0.05, 0) is 72.5 Å².